The van der Waals surface area contributed by atoms with Gasteiger partial charge in [-0.2, -0.15) is 0 Å². The van der Waals surface area contributed by atoms with Gasteiger partial charge in [-0.1, -0.05) is 18.2 Å². The summed E-state index contributed by atoms with van der Waals surface area (Å²) in [6, 6.07) is 10.2. The summed E-state index contributed by atoms with van der Waals surface area (Å²) in [7, 11) is 0. The van der Waals surface area contributed by atoms with Crippen molar-refractivity contribution in [2.45, 2.75) is 52.9 Å². The normalized spacial score (nSPS) is 15.3. The predicted molar refractivity (Wildman–Crippen MR) is 101 cm³/mol. The Kier molecular flexibility index (Phi) is 5.07. The molecule has 4 rings (SSSR count). The number of benzene rings is 1. The number of nitrogens with zero attached hydrogens (tertiary/aromatic N) is 3. The van der Waals surface area contributed by atoms with Crippen LogP contribution in [0.3, 0.4) is 0 Å². The second-order valence-corrected chi connectivity index (χ2v) is 7.24. The summed E-state index contributed by atoms with van der Waals surface area (Å²) >= 11 is 0. The number of pyridine rings is 1. The van der Waals surface area contributed by atoms with Crippen molar-refractivity contribution in [3.63, 3.8) is 0 Å². The summed E-state index contributed by atoms with van der Waals surface area (Å²) in [6.07, 6.45) is 3.44. The molecule has 0 unspecified atom stereocenters. The zero-order valence-electron chi connectivity index (χ0n) is 15.8. The van der Waals surface area contributed by atoms with E-state index < -0.39 is 0 Å². The molecule has 1 aromatic heterocycles. The van der Waals surface area contributed by atoms with Crippen molar-refractivity contribution in [3.05, 3.63) is 65.0 Å². The number of hydrogen-bond acceptors (Lipinski definition) is 3. The van der Waals surface area contributed by atoms with Crippen LogP contribution in [0.5, 0.6) is 0 Å². The molecule has 26 heavy (non-hydrogen) atoms. The van der Waals surface area contributed by atoms with Crippen LogP contribution in [0.1, 0.15) is 59.5 Å². The van der Waals surface area contributed by atoms with Crippen LogP contribution in [0.25, 0.3) is 0 Å². The van der Waals surface area contributed by atoms with Gasteiger partial charge in [0.15, 0.2) is 0 Å². The van der Waals surface area contributed by atoms with Gasteiger partial charge in [-0.05, 0) is 45.4 Å². The van der Waals surface area contributed by atoms with E-state index in [1.54, 1.807) is 18.5 Å². The fourth-order valence-corrected chi connectivity index (χ4v) is 3.28. The summed E-state index contributed by atoms with van der Waals surface area (Å²) in [6.45, 7) is 9.62. The molecule has 2 aliphatic heterocycles. The molecule has 0 radical (unpaired) electrons. The third-order valence-electron chi connectivity index (χ3n) is 4.83. The maximum atomic E-state index is 11.8. The Bertz CT molecular complexity index is 760. The number of rotatable bonds is 2. The van der Waals surface area contributed by atoms with Crippen molar-refractivity contribution in [2.75, 3.05) is 0 Å². The van der Waals surface area contributed by atoms with Crippen LogP contribution in [0.2, 0.25) is 0 Å². The lowest BCUT2D eigenvalue weighted by atomic mass is 10.1. The first-order chi connectivity index (χ1) is 12.4. The Balaban J connectivity index is 0.000000151. The average molecular weight is 351 g/mol. The molecule has 0 bridgehead atoms. The van der Waals surface area contributed by atoms with Crippen LogP contribution in [0, 0.1) is 0 Å². The van der Waals surface area contributed by atoms with Crippen molar-refractivity contribution < 1.29 is 9.59 Å². The summed E-state index contributed by atoms with van der Waals surface area (Å²) in [4.78, 5) is 31.3. The molecule has 0 aliphatic carbocycles. The molecular formula is C21H25N3O2. The maximum absolute atomic E-state index is 11.8. The topological polar surface area (TPSA) is 53.5 Å². The maximum Gasteiger partial charge on any atom is 0.254 e. The highest BCUT2D eigenvalue weighted by Crippen LogP contribution is 2.24. The summed E-state index contributed by atoms with van der Waals surface area (Å²) in [5.41, 5.74) is 3.88. The van der Waals surface area contributed by atoms with Crippen molar-refractivity contribution in [1.29, 1.82) is 0 Å². The van der Waals surface area contributed by atoms with Crippen molar-refractivity contribution in [2.24, 2.45) is 0 Å². The van der Waals surface area contributed by atoms with Crippen molar-refractivity contribution in [1.82, 2.24) is 14.8 Å². The fraction of sp³-hybridized carbons (Fsp3) is 0.381. The minimum absolute atomic E-state index is 0.132. The summed E-state index contributed by atoms with van der Waals surface area (Å²) in [5, 5.41) is 0. The van der Waals surface area contributed by atoms with Crippen LogP contribution >= 0.6 is 0 Å². The van der Waals surface area contributed by atoms with E-state index in [1.165, 1.54) is 0 Å². The van der Waals surface area contributed by atoms with Gasteiger partial charge in [0.2, 0.25) is 0 Å². The molecule has 2 aliphatic rings. The van der Waals surface area contributed by atoms with Gasteiger partial charge in [0.25, 0.3) is 11.8 Å². The van der Waals surface area contributed by atoms with Gasteiger partial charge in [-0.25, -0.2) is 0 Å². The lowest BCUT2D eigenvalue weighted by Gasteiger charge is -2.19. The molecule has 136 valence electrons. The van der Waals surface area contributed by atoms with Crippen LogP contribution in [0.15, 0.2) is 42.7 Å². The van der Waals surface area contributed by atoms with Crippen molar-refractivity contribution in [3.8, 4) is 0 Å². The Morgan fingerprint density at radius 2 is 1.35 bits per heavy atom. The largest absolute Gasteiger partial charge is 0.332 e. The van der Waals surface area contributed by atoms with Crippen LogP contribution < -0.4 is 0 Å². The quantitative estimate of drug-likeness (QED) is 0.832. The number of fused-ring (bicyclic) bond motifs is 2. The molecule has 0 saturated heterocycles. The third kappa shape index (κ3) is 3.34. The SMILES string of the molecule is CC(C)N1Cc2ccccc2C1=O.CC(C)N1Cc2cnccc2C1=O. The number of hydrogen-bond donors (Lipinski definition) is 0. The molecule has 0 fully saturated rings. The van der Waals surface area contributed by atoms with E-state index in [0.717, 1.165) is 28.8 Å². The second kappa shape index (κ2) is 7.28. The first kappa shape index (κ1) is 18.1. The highest BCUT2D eigenvalue weighted by molar-refractivity contribution is 5.98. The van der Waals surface area contributed by atoms with E-state index in [0.29, 0.717) is 12.6 Å². The molecule has 1 aromatic carbocycles. The van der Waals surface area contributed by atoms with Crippen molar-refractivity contribution >= 4 is 11.8 Å². The molecule has 0 saturated carbocycles. The number of amides is 2. The van der Waals surface area contributed by atoms with E-state index in [2.05, 4.69) is 4.98 Å². The van der Waals surface area contributed by atoms with Crippen LogP contribution in [-0.4, -0.2) is 38.7 Å². The molecule has 2 amide bonds. The van der Waals surface area contributed by atoms with E-state index in [-0.39, 0.29) is 17.9 Å². The zero-order valence-corrected chi connectivity index (χ0v) is 15.8. The summed E-state index contributed by atoms with van der Waals surface area (Å²) in [5.74, 6) is 0.304. The first-order valence-corrected chi connectivity index (χ1v) is 9.03. The van der Waals surface area contributed by atoms with Crippen LogP contribution in [0.4, 0.5) is 0 Å². The molecule has 0 atom stereocenters. The minimum Gasteiger partial charge on any atom is -0.332 e. The lowest BCUT2D eigenvalue weighted by Crippen LogP contribution is -2.30. The minimum atomic E-state index is 0.132. The monoisotopic (exact) mass is 351 g/mol. The number of aromatic nitrogens is 1. The fourth-order valence-electron chi connectivity index (χ4n) is 3.28. The van der Waals surface area contributed by atoms with Gasteiger partial charge >= 0.3 is 0 Å². The Morgan fingerprint density at radius 3 is 1.88 bits per heavy atom. The van der Waals surface area contributed by atoms with Gasteiger partial charge in [0.1, 0.15) is 0 Å². The molecular weight excluding hydrogens is 326 g/mol. The second-order valence-electron chi connectivity index (χ2n) is 7.24. The molecule has 5 heteroatoms. The van der Waals surface area contributed by atoms with E-state index in [1.807, 2.05) is 61.8 Å². The van der Waals surface area contributed by atoms with Crippen LogP contribution in [-0.2, 0) is 13.1 Å². The van der Waals surface area contributed by atoms with Gasteiger partial charge < -0.3 is 9.80 Å². The highest BCUT2D eigenvalue weighted by Gasteiger charge is 2.29. The Morgan fingerprint density at radius 1 is 0.808 bits per heavy atom. The first-order valence-electron chi connectivity index (χ1n) is 9.03. The molecule has 0 spiro atoms. The standard InChI is InChI=1S/C11H13NO.C10H12N2O/c1-8(2)12-7-9-5-3-4-6-10(9)11(12)13;1-7(2)12-6-8-5-11-4-3-9(8)10(12)13/h3-6,8H,7H2,1-2H3;3-5,7H,6H2,1-2H3. The Hall–Kier alpha value is -2.69. The molecule has 2 aromatic rings. The Labute approximate surface area is 154 Å². The number of carbonyl (C=O) groups is 2. The van der Waals surface area contributed by atoms with Gasteiger partial charge in [-0.15, -0.1) is 0 Å². The van der Waals surface area contributed by atoms with E-state index >= 15 is 0 Å². The van der Waals surface area contributed by atoms with E-state index in [4.69, 9.17) is 0 Å². The average Bonchev–Trinajstić information content (AvgIpc) is 3.14. The van der Waals surface area contributed by atoms with E-state index in [9.17, 15) is 9.59 Å². The molecule has 5 nitrogen and oxygen atoms in total. The lowest BCUT2D eigenvalue weighted by molar-refractivity contribution is 0.0722. The predicted octanol–water partition coefficient (Wildman–Crippen LogP) is 3.50. The highest BCUT2D eigenvalue weighted by atomic mass is 16.2. The summed E-state index contributed by atoms with van der Waals surface area (Å²) < 4.78 is 0. The van der Waals surface area contributed by atoms with Gasteiger partial charge in [0.05, 0.1) is 0 Å². The zero-order chi connectivity index (χ0) is 18.8. The smallest absolute Gasteiger partial charge is 0.254 e. The van der Waals surface area contributed by atoms with Gasteiger partial charge in [-0.3, -0.25) is 14.6 Å². The number of carbonyl (C=O) groups excluding carboxylic acids is 2. The van der Waals surface area contributed by atoms with Gasteiger partial charge in [0, 0.05) is 54.3 Å². The third-order valence-corrected chi connectivity index (χ3v) is 4.83. The molecule has 0 N–H and O–H groups in total. The molecule has 3 heterocycles.